The van der Waals surface area contributed by atoms with Crippen molar-refractivity contribution >= 4 is 11.3 Å². The molecule has 0 radical (unpaired) electrons. The van der Waals surface area contributed by atoms with Crippen LogP contribution in [0.5, 0.6) is 0 Å². The van der Waals surface area contributed by atoms with Gasteiger partial charge in [0.15, 0.2) is 0 Å². The number of aryl methyl sites for hydroxylation is 4. The second-order valence-electron chi connectivity index (χ2n) is 5.82. The molecule has 1 heterocycles. The molecule has 2 atom stereocenters. The monoisotopic (exact) mass is 287 g/mol. The Morgan fingerprint density at radius 1 is 0.900 bits per heavy atom. The maximum absolute atomic E-state index is 3.72. The normalized spacial score (nSPS) is 14.3. The standard InChI is InChI=1S/C18H25NS/c1-11-7-8-17(9-12(11)2)14(4)19-15(5)18-10-13(3)20-16(18)6/h7-10,14-15,19H,1-6H3. The van der Waals surface area contributed by atoms with Crippen LogP contribution in [0.3, 0.4) is 0 Å². The third-order valence-electron chi connectivity index (χ3n) is 4.08. The van der Waals surface area contributed by atoms with Gasteiger partial charge in [0.2, 0.25) is 0 Å². The van der Waals surface area contributed by atoms with Crippen molar-refractivity contribution in [2.45, 2.75) is 53.6 Å². The Labute approximate surface area is 127 Å². The topological polar surface area (TPSA) is 12.0 Å². The smallest absolute Gasteiger partial charge is 0.0308 e. The lowest BCUT2D eigenvalue weighted by molar-refractivity contribution is 0.494. The average molecular weight is 287 g/mol. The van der Waals surface area contributed by atoms with E-state index in [0.29, 0.717) is 12.1 Å². The molecule has 0 fully saturated rings. The highest BCUT2D eigenvalue weighted by Crippen LogP contribution is 2.28. The van der Waals surface area contributed by atoms with Crippen molar-refractivity contribution in [3.8, 4) is 0 Å². The second-order valence-corrected chi connectivity index (χ2v) is 7.28. The summed E-state index contributed by atoms with van der Waals surface area (Å²) in [5.41, 5.74) is 5.53. The SMILES string of the molecule is Cc1cc(C(C)NC(C)c2ccc(C)c(C)c2)c(C)s1. The first-order valence-electron chi connectivity index (χ1n) is 7.28. The maximum Gasteiger partial charge on any atom is 0.0308 e. The van der Waals surface area contributed by atoms with E-state index < -0.39 is 0 Å². The maximum atomic E-state index is 3.72. The van der Waals surface area contributed by atoms with Crippen molar-refractivity contribution in [3.05, 3.63) is 56.3 Å². The average Bonchev–Trinajstić information content (AvgIpc) is 2.71. The summed E-state index contributed by atoms with van der Waals surface area (Å²) in [6.07, 6.45) is 0. The van der Waals surface area contributed by atoms with E-state index in [4.69, 9.17) is 0 Å². The molecule has 0 aliphatic carbocycles. The van der Waals surface area contributed by atoms with Crippen molar-refractivity contribution in [2.75, 3.05) is 0 Å². The van der Waals surface area contributed by atoms with Crippen LogP contribution in [0.4, 0.5) is 0 Å². The van der Waals surface area contributed by atoms with Crippen LogP contribution in [0.1, 0.15) is 57.9 Å². The van der Waals surface area contributed by atoms with E-state index in [1.54, 1.807) is 0 Å². The molecule has 0 amide bonds. The van der Waals surface area contributed by atoms with Gasteiger partial charge >= 0.3 is 0 Å². The van der Waals surface area contributed by atoms with Crippen molar-refractivity contribution in [1.82, 2.24) is 5.32 Å². The Morgan fingerprint density at radius 3 is 2.15 bits per heavy atom. The molecule has 1 N–H and O–H groups in total. The highest BCUT2D eigenvalue weighted by molar-refractivity contribution is 7.12. The van der Waals surface area contributed by atoms with E-state index in [1.807, 2.05) is 11.3 Å². The molecule has 1 nitrogen and oxygen atoms in total. The van der Waals surface area contributed by atoms with E-state index in [9.17, 15) is 0 Å². The first-order chi connectivity index (χ1) is 9.38. The first-order valence-corrected chi connectivity index (χ1v) is 8.10. The molecule has 2 unspecified atom stereocenters. The molecular weight excluding hydrogens is 262 g/mol. The van der Waals surface area contributed by atoms with Gasteiger partial charge in [-0.25, -0.2) is 0 Å². The Bertz CT molecular complexity index is 597. The fourth-order valence-corrected chi connectivity index (χ4v) is 3.70. The Hall–Kier alpha value is -1.12. The van der Waals surface area contributed by atoms with Crippen LogP contribution in [0.15, 0.2) is 24.3 Å². The minimum absolute atomic E-state index is 0.365. The number of rotatable bonds is 4. The lowest BCUT2D eigenvalue weighted by Crippen LogP contribution is -2.22. The summed E-state index contributed by atoms with van der Waals surface area (Å²) < 4.78 is 0. The van der Waals surface area contributed by atoms with Gasteiger partial charge in [-0.15, -0.1) is 11.3 Å². The predicted octanol–water partition coefficient (Wildman–Crippen LogP) is 5.39. The molecule has 0 aliphatic rings. The highest BCUT2D eigenvalue weighted by atomic mass is 32.1. The van der Waals surface area contributed by atoms with Gasteiger partial charge in [0.05, 0.1) is 0 Å². The molecule has 1 aromatic carbocycles. The first kappa shape index (κ1) is 15.3. The molecular formula is C18H25NS. The van der Waals surface area contributed by atoms with E-state index in [0.717, 1.165) is 0 Å². The summed E-state index contributed by atoms with van der Waals surface area (Å²) >= 11 is 1.88. The Kier molecular flexibility index (Phi) is 4.66. The highest BCUT2D eigenvalue weighted by Gasteiger charge is 2.14. The molecule has 2 rings (SSSR count). The van der Waals surface area contributed by atoms with Crippen LogP contribution in [0.2, 0.25) is 0 Å². The number of benzene rings is 1. The minimum Gasteiger partial charge on any atom is -0.304 e. The number of hydrogen-bond donors (Lipinski definition) is 1. The van der Waals surface area contributed by atoms with Gasteiger partial charge in [0.25, 0.3) is 0 Å². The van der Waals surface area contributed by atoms with Crippen molar-refractivity contribution in [2.24, 2.45) is 0 Å². The van der Waals surface area contributed by atoms with Crippen LogP contribution < -0.4 is 5.32 Å². The summed E-state index contributed by atoms with van der Waals surface area (Å²) in [6.45, 7) is 13.2. The molecule has 20 heavy (non-hydrogen) atoms. The van der Waals surface area contributed by atoms with Crippen molar-refractivity contribution in [3.63, 3.8) is 0 Å². The number of hydrogen-bond acceptors (Lipinski definition) is 2. The van der Waals surface area contributed by atoms with Gasteiger partial charge < -0.3 is 5.32 Å². The van der Waals surface area contributed by atoms with Gasteiger partial charge in [-0.2, -0.15) is 0 Å². The van der Waals surface area contributed by atoms with Crippen LogP contribution >= 0.6 is 11.3 Å². The molecule has 2 aromatic rings. The molecule has 0 bridgehead atoms. The molecule has 0 saturated heterocycles. The zero-order chi connectivity index (χ0) is 14.9. The van der Waals surface area contributed by atoms with Crippen LogP contribution in [-0.2, 0) is 0 Å². The lowest BCUT2D eigenvalue weighted by Gasteiger charge is -2.21. The van der Waals surface area contributed by atoms with Crippen LogP contribution in [0, 0.1) is 27.7 Å². The van der Waals surface area contributed by atoms with E-state index >= 15 is 0 Å². The number of nitrogens with one attached hydrogen (secondary N) is 1. The summed E-state index contributed by atoms with van der Waals surface area (Å²) in [5, 5.41) is 3.72. The van der Waals surface area contributed by atoms with Gasteiger partial charge in [-0.3, -0.25) is 0 Å². The molecule has 0 spiro atoms. The third-order valence-corrected chi connectivity index (χ3v) is 5.06. The largest absolute Gasteiger partial charge is 0.304 e. The van der Waals surface area contributed by atoms with Gasteiger partial charge in [0.1, 0.15) is 0 Å². The molecule has 2 heteroatoms. The summed E-state index contributed by atoms with van der Waals surface area (Å²) in [6, 6.07) is 9.81. The Balaban J connectivity index is 2.12. The van der Waals surface area contributed by atoms with Gasteiger partial charge in [-0.1, -0.05) is 18.2 Å². The zero-order valence-electron chi connectivity index (χ0n) is 13.4. The van der Waals surface area contributed by atoms with E-state index in [2.05, 4.69) is 71.1 Å². The lowest BCUT2D eigenvalue weighted by atomic mass is 10.0. The van der Waals surface area contributed by atoms with E-state index in [-0.39, 0.29) is 0 Å². The Morgan fingerprint density at radius 2 is 1.60 bits per heavy atom. The fraction of sp³-hybridized carbons (Fsp3) is 0.444. The zero-order valence-corrected chi connectivity index (χ0v) is 14.2. The van der Waals surface area contributed by atoms with Gasteiger partial charge in [-0.05, 0) is 69.9 Å². The third kappa shape index (κ3) is 3.31. The minimum atomic E-state index is 0.365. The van der Waals surface area contributed by atoms with Crippen molar-refractivity contribution < 1.29 is 0 Å². The van der Waals surface area contributed by atoms with Gasteiger partial charge in [0, 0.05) is 21.8 Å². The molecule has 1 aromatic heterocycles. The van der Waals surface area contributed by atoms with Crippen molar-refractivity contribution in [1.29, 1.82) is 0 Å². The van der Waals surface area contributed by atoms with Crippen LogP contribution in [-0.4, -0.2) is 0 Å². The summed E-state index contributed by atoms with van der Waals surface area (Å²) in [4.78, 5) is 2.82. The van der Waals surface area contributed by atoms with Crippen LogP contribution in [0.25, 0.3) is 0 Å². The summed E-state index contributed by atoms with van der Waals surface area (Å²) in [5.74, 6) is 0. The number of thiophene rings is 1. The summed E-state index contributed by atoms with van der Waals surface area (Å²) in [7, 11) is 0. The predicted molar refractivity (Wildman–Crippen MR) is 89.7 cm³/mol. The van der Waals surface area contributed by atoms with E-state index in [1.165, 1.54) is 32.0 Å². The quantitative estimate of drug-likeness (QED) is 0.794. The molecule has 0 aliphatic heterocycles. The fourth-order valence-electron chi connectivity index (χ4n) is 2.68. The molecule has 0 saturated carbocycles. The molecule has 108 valence electrons. The second kappa shape index (κ2) is 6.11.